The molecule has 0 bridgehead atoms. The quantitative estimate of drug-likeness (QED) is 0.846. The fourth-order valence-electron chi connectivity index (χ4n) is 1.63. The number of aromatic carboxylic acids is 1. The average molecular weight is 246 g/mol. The van der Waals surface area contributed by atoms with Gasteiger partial charge in [-0.1, -0.05) is 29.8 Å². The molecule has 94 valence electrons. The number of anilines is 1. The minimum absolute atomic E-state index is 0.0898. The van der Waals surface area contributed by atoms with E-state index in [1.807, 2.05) is 25.1 Å². The molecule has 0 aliphatic carbocycles. The van der Waals surface area contributed by atoms with E-state index in [0.717, 1.165) is 12.7 Å². The summed E-state index contributed by atoms with van der Waals surface area (Å²) in [6.07, 6.45) is 1.95. The molecule has 2 aromatic rings. The molecule has 5 nitrogen and oxygen atoms in total. The Bertz CT molecular complexity index is 549. The van der Waals surface area contributed by atoms with Gasteiger partial charge in [0.2, 0.25) is 0 Å². The number of benzene rings is 1. The van der Waals surface area contributed by atoms with Crippen LogP contribution in [0.3, 0.4) is 0 Å². The van der Waals surface area contributed by atoms with Crippen molar-refractivity contribution in [2.75, 3.05) is 11.9 Å². The Labute approximate surface area is 104 Å². The molecule has 2 rings (SSSR count). The predicted octanol–water partition coefficient (Wildman–Crippen LogP) is 2.34. The predicted molar refractivity (Wildman–Crippen MR) is 66.8 cm³/mol. The highest BCUT2D eigenvalue weighted by Gasteiger charge is 2.09. The van der Waals surface area contributed by atoms with Gasteiger partial charge in [0.05, 0.1) is 0 Å². The molecule has 0 aliphatic rings. The lowest BCUT2D eigenvalue weighted by Crippen LogP contribution is -2.05. The van der Waals surface area contributed by atoms with E-state index in [4.69, 9.17) is 9.52 Å². The van der Waals surface area contributed by atoms with E-state index in [1.54, 1.807) is 0 Å². The van der Waals surface area contributed by atoms with E-state index >= 15 is 0 Å². The van der Waals surface area contributed by atoms with Gasteiger partial charge in [0.25, 0.3) is 6.01 Å². The summed E-state index contributed by atoms with van der Waals surface area (Å²) in [6.45, 7) is 2.69. The van der Waals surface area contributed by atoms with Crippen LogP contribution in [-0.4, -0.2) is 22.6 Å². The summed E-state index contributed by atoms with van der Waals surface area (Å²) in [5, 5.41) is 11.6. The van der Waals surface area contributed by atoms with E-state index in [0.29, 0.717) is 6.54 Å². The van der Waals surface area contributed by atoms with Crippen LogP contribution in [0.1, 0.15) is 21.6 Å². The van der Waals surface area contributed by atoms with Crippen LogP contribution in [-0.2, 0) is 6.42 Å². The molecule has 0 amide bonds. The van der Waals surface area contributed by atoms with Crippen molar-refractivity contribution in [1.82, 2.24) is 4.98 Å². The first-order valence-electron chi connectivity index (χ1n) is 5.63. The Kier molecular flexibility index (Phi) is 3.62. The first-order valence-corrected chi connectivity index (χ1v) is 5.63. The van der Waals surface area contributed by atoms with Crippen LogP contribution in [0.5, 0.6) is 0 Å². The van der Waals surface area contributed by atoms with E-state index in [2.05, 4.69) is 16.4 Å². The minimum atomic E-state index is -1.09. The number of carboxylic acids is 1. The number of aryl methyl sites for hydroxylation is 1. The van der Waals surface area contributed by atoms with Gasteiger partial charge in [0.15, 0.2) is 5.69 Å². The Balaban J connectivity index is 1.86. The highest BCUT2D eigenvalue weighted by Crippen LogP contribution is 2.08. The number of aromatic nitrogens is 1. The van der Waals surface area contributed by atoms with Crippen LogP contribution in [0.2, 0.25) is 0 Å². The van der Waals surface area contributed by atoms with Crippen molar-refractivity contribution in [2.24, 2.45) is 0 Å². The Morgan fingerprint density at radius 3 is 3.00 bits per heavy atom. The largest absolute Gasteiger partial charge is 0.476 e. The number of carbonyl (C=O) groups is 1. The number of oxazole rings is 1. The number of carboxylic acid groups (broad SMARTS) is 1. The number of nitrogens with one attached hydrogen (secondary N) is 1. The van der Waals surface area contributed by atoms with Crippen LogP contribution < -0.4 is 5.32 Å². The lowest BCUT2D eigenvalue weighted by molar-refractivity contribution is 0.0690. The number of rotatable bonds is 5. The standard InChI is InChI=1S/C13H14N2O3/c1-9-3-2-4-10(7-9)5-6-14-13-15-11(8-18-13)12(16)17/h2-4,7-8H,5-6H2,1H3,(H,14,15)(H,16,17). The lowest BCUT2D eigenvalue weighted by atomic mass is 10.1. The number of hydrogen-bond donors (Lipinski definition) is 2. The van der Waals surface area contributed by atoms with Crippen LogP contribution >= 0.6 is 0 Å². The van der Waals surface area contributed by atoms with Crippen molar-refractivity contribution in [3.63, 3.8) is 0 Å². The summed E-state index contributed by atoms with van der Waals surface area (Å²) >= 11 is 0. The zero-order chi connectivity index (χ0) is 13.0. The molecule has 0 spiro atoms. The lowest BCUT2D eigenvalue weighted by Gasteiger charge is -2.03. The second kappa shape index (κ2) is 5.35. The molecule has 1 heterocycles. The van der Waals surface area contributed by atoms with Crippen LogP contribution in [0.25, 0.3) is 0 Å². The zero-order valence-corrected chi connectivity index (χ0v) is 10.0. The maximum atomic E-state index is 10.6. The highest BCUT2D eigenvalue weighted by molar-refractivity contribution is 5.85. The second-order valence-corrected chi connectivity index (χ2v) is 4.01. The fourth-order valence-corrected chi connectivity index (χ4v) is 1.63. The molecule has 1 aromatic heterocycles. The van der Waals surface area contributed by atoms with Gasteiger partial charge in [-0.15, -0.1) is 0 Å². The maximum Gasteiger partial charge on any atom is 0.357 e. The van der Waals surface area contributed by atoms with Gasteiger partial charge in [0, 0.05) is 6.54 Å². The topological polar surface area (TPSA) is 75.4 Å². The average Bonchev–Trinajstić information content (AvgIpc) is 2.78. The van der Waals surface area contributed by atoms with E-state index in [1.165, 1.54) is 11.1 Å². The molecule has 0 saturated carbocycles. The monoisotopic (exact) mass is 246 g/mol. The Hall–Kier alpha value is -2.30. The fraction of sp³-hybridized carbons (Fsp3) is 0.231. The van der Waals surface area contributed by atoms with Gasteiger partial charge < -0.3 is 14.8 Å². The summed E-state index contributed by atoms with van der Waals surface area (Å²) in [7, 11) is 0. The Morgan fingerprint density at radius 2 is 2.33 bits per heavy atom. The van der Waals surface area contributed by atoms with E-state index < -0.39 is 5.97 Å². The van der Waals surface area contributed by atoms with Crippen LogP contribution in [0.4, 0.5) is 6.01 Å². The molecule has 5 heteroatoms. The van der Waals surface area contributed by atoms with Gasteiger partial charge in [-0.2, -0.15) is 4.98 Å². The molecule has 0 fully saturated rings. The minimum Gasteiger partial charge on any atom is -0.476 e. The van der Waals surface area contributed by atoms with Gasteiger partial charge in [-0.05, 0) is 18.9 Å². The summed E-state index contributed by atoms with van der Waals surface area (Å²) in [5.74, 6) is -1.09. The van der Waals surface area contributed by atoms with Crippen molar-refractivity contribution in [1.29, 1.82) is 0 Å². The first kappa shape index (κ1) is 12.2. The summed E-state index contributed by atoms with van der Waals surface area (Å²) in [6, 6.07) is 8.45. The molecule has 0 atom stereocenters. The van der Waals surface area contributed by atoms with Gasteiger partial charge >= 0.3 is 5.97 Å². The molecule has 1 aromatic carbocycles. The van der Waals surface area contributed by atoms with Crippen LogP contribution in [0, 0.1) is 6.92 Å². The molecular weight excluding hydrogens is 232 g/mol. The SMILES string of the molecule is Cc1cccc(CCNc2nc(C(=O)O)co2)c1. The summed E-state index contributed by atoms with van der Waals surface area (Å²) in [4.78, 5) is 14.4. The molecule has 18 heavy (non-hydrogen) atoms. The molecule has 0 aliphatic heterocycles. The molecule has 0 radical (unpaired) electrons. The molecule has 2 N–H and O–H groups in total. The molecule has 0 unspecified atom stereocenters. The molecular formula is C13H14N2O3. The third-order valence-electron chi connectivity index (χ3n) is 2.50. The molecule has 0 saturated heterocycles. The summed E-state index contributed by atoms with van der Waals surface area (Å²) in [5.41, 5.74) is 2.34. The van der Waals surface area contributed by atoms with Crippen molar-refractivity contribution < 1.29 is 14.3 Å². The normalized spacial score (nSPS) is 10.3. The highest BCUT2D eigenvalue weighted by atomic mass is 16.4. The zero-order valence-electron chi connectivity index (χ0n) is 10.0. The first-order chi connectivity index (χ1) is 8.65. The van der Waals surface area contributed by atoms with Gasteiger partial charge in [-0.3, -0.25) is 0 Å². The third-order valence-corrected chi connectivity index (χ3v) is 2.50. The van der Waals surface area contributed by atoms with Gasteiger partial charge in [-0.25, -0.2) is 4.79 Å². The second-order valence-electron chi connectivity index (χ2n) is 4.01. The van der Waals surface area contributed by atoms with Crippen molar-refractivity contribution in [3.05, 3.63) is 47.3 Å². The third kappa shape index (κ3) is 3.10. The van der Waals surface area contributed by atoms with Crippen molar-refractivity contribution in [3.8, 4) is 0 Å². The summed E-state index contributed by atoms with van der Waals surface area (Å²) < 4.78 is 4.98. The number of nitrogens with zero attached hydrogens (tertiary/aromatic N) is 1. The van der Waals surface area contributed by atoms with Crippen LogP contribution in [0.15, 0.2) is 34.9 Å². The maximum absolute atomic E-state index is 10.6. The van der Waals surface area contributed by atoms with Gasteiger partial charge in [0.1, 0.15) is 6.26 Å². The Morgan fingerprint density at radius 1 is 1.50 bits per heavy atom. The van der Waals surface area contributed by atoms with Crippen molar-refractivity contribution >= 4 is 12.0 Å². The van der Waals surface area contributed by atoms with Crippen molar-refractivity contribution in [2.45, 2.75) is 13.3 Å². The van der Waals surface area contributed by atoms with E-state index in [-0.39, 0.29) is 11.7 Å². The number of hydrogen-bond acceptors (Lipinski definition) is 4. The smallest absolute Gasteiger partial charge is 0.357 e. The van der Waals surface area contributed by atoms with E-state index in [9.17, 15) is 4.79 Å².